The minimum Gasteiger partial charge on any atom is -0.478 e. The van der Waals surface area contributed by atoms with Gasteiger partial charge in [-0.3, -0.25) is 0 Å². The lowest BCUT2D eigenvalue weighted by atomic mass is 9.97. The van der Waals surface area contributed by atoms with Crippen LogP contribution in [0, 0.1) is 5.82 Å². The number of carboxylic acids is 1. The Hall–Kier alpha value is -2.52. The molecule has 9 heteroatoms. The Morgan fingerprint density at radius 3 is 2.56 bits per heavy atom. The third kappa shape index (κ3) is 3.91. The van der Waals surface area contributed by atoms with Crippen molar-refractivity contribution in [2.45, 2.75) is 101 Å². The Morgan fingerprint density at radius 1 is 1.11 bits per heavy atom. The van der Waals surface area contributed by atoms with E-state index in [0.29, 0.717) is 35.2 Å². The number of hydrogen-bond donors (Lipinski definition) is 1. The van der Waals surface area contributed by atoms with Gasteiger partial charge in [-0.2, -0.15) is 0 Å². The van der Waals surface area contributed by atoms with Gasteiger partial charge in [0.05, 0.1) is 28.7 Å². The summed E-state index contributed by atoms with van der Waals surface area (Å²) in [5.74, 6) is 0.396. The molecule has 2 unspecified atom stereocenters. The molecule has 4 heterocycles. The lowest BCUT2D eigenvalue weighted by molar-refractivity contribution is 0.0141. The molecular weight excluding hydrogens is 481 g/mol. The number of piperidine rings is 1. The van der Waals surface area contributed by atoms with Gasteiger partial charge in [-0.1, -0.05) is 29.3 Å². The van der Waals surface area contributed by atoms with E-state index in [1.807, 2.05) is 0 Å². The Balaban J connectivity index is 1.08. The number of fused-ring (bicyclic) bond motifs is 3. The fourth-order valence-corrected chi connectivity index (χ4v) is 7.82. The van der Waals surface area contributed by atoms with E-state index >= 15 is 0 Å². The topological polar surface area (TPSA) is 88.7 Å². The zero-order chi connectivity index (χ0) is 24.4. The number of anilines is 1. The van der Waals surface area contributed by atoms with Gasteiger partial charge in [-0.25, -0.2) is 14.2 Å². The second-order valence-electron chi connectivity index (χ2n) is 11.0. The van der Waals surface area contributed by atoms with Crippen LogP contribution in [0.3, 0.4) is 0 Å². The van der Waals surface area contributed by atoms with Crippen molar-refractivity contribution in [2.75, 3.05) is 4.90 Å². The Labute approximate surface area is 212 Å². The summed E-state index contributed by atoms with van der Waals surface area (Å²) in [6.07, 6.45) is 11.4. The molecule has 1 aromatic carbocycles. The molecule has 0 spiro atoms. The summed E-state index contributed by atoms with van der Waals surface area (Å²) in [6.45, 7) is 0.579. The van der Waals surface area contributed by atoms with Crippen LogP contribution >= 0.6 is 11.3 Å². The number of hydrogen-bond acceptors (Lipinski definition) is 7. The zero-order valence-electron chi connectivity index (χ0n) is 20.1. The fraction of sp³-hybridized carbons (Fsp3) is 0.593. The summed E-state index contributed by atoms with van der Waals surface area (Å²) in [7, 11) is 0. The Bertz CT molecular complexity index is 1300. The highest BCUT2D eigenvalue weighted by molar-refractivity contribution is 7.22. The van der Waals surface area contributed by atoms with Crippen molar-refractivity contribution in [1.82, 2.24) is 10.1 Å². The van der Waals surface area contributed by atoms with Crippen molar-refractivity contribution in [2.24, 2.45) is 0 Å². The number of thiazole rings is 1. The van der Waals surface area contributed by atoms with Crippen molar-refractivity contribution in [3.05, 3.63) is 40.5 Å². The lowest BCUT2D eigenvalue weighted by Crippen LogP contribution is -2.45. The van der Waals surface area contributed by atoms with Crippen LogP contribution in [-0.4, -0.2) is 39.4 Å². The number of benzene rings is 1. The second-order valence-corrected chi connectivity index (χ2v) is 12.0. The van der Waals surface area contributed by atoms with Crippen LogP contribution in [0.25, 0.3) is 10.2 Å². The first-order valence-corrected chi connectivity index (χ1v) is 14.1. The van der Waals surface area contributed by atoms with Crippen molar-refractivity contribution >= 4 is 32.7 Å². The highest BCUT2D eigenvalue weighted by Crippen LogP contribution is 2.47. The summed E-state index contributed by atoms with van der Waals surface area (Å²) in [4.78, 5) is 18.3. The summed E-state index contributed by atoms with van der Waals surface area (Å²) in [6, 6.07) is 3.19. The third-order valence-electron chi connectivity index (χ3n) is 8.60. The average Bonchev–Trinajstić information content (AvgIpc) is 3.20. The second kappa shape index (κ2) is 8.80. The van der Waals surface area contributed by atoms with E-state index < -0.39 is 11.8 Å². The quantitative estimate of drug-likeness (QED) is 0.394. The van der Waals surface area contributed by atoms with E-state index in [9.17, 15) is 14.3 Å². The van der Waals surface area contributed by atoms with E-state index in [2.05, 4.69) is 15.0 Å². The molecule has 1 N–H and O–H groups in total. The van der Waals surface area contributed by atoms with Gasteiger partial charge in [0.25, 0.3) is 0 Å². The van der Waals surface area contributed by atoms with Crippen LogP contribution in [0.2, 0.25) is 0 Å². The van der Waals surface area contributed by atoms with Crippen LogP contribution in [-0.2, 0) is 11.3 Å². The molecule has 7 rings (SSSR count). The number of aromatic nitrogens is 2. The molecule has 2 bridgehead atoms. The van der Waals surface area contributed by atoms with Crippen molar-refractivity contribution in [3.8, 4) is 0 Å². The average molecular weight is 512 g/mol. The first-order valence-electron chi connectivity index (χ1n) is 13.3. The van der Waals surface area contributed by atoms with Crippen molar-refractivity contribution < 1.29 is 23.6 Å². The highest BCUT2D eigenvalue weighted by atomic mass is 32.1. The largest absolute Gasteiger partial charge is 0.478 e. The molecule has 2 saturated carbocycles. The molecule has 2 aromatic heterocycles. The van der Waals surface area contributed by atoms with Gasteiger partial charge < -0.3 is 19.3 Å². The molecule has 190 valence electrons. The van der Waals surface area contributed by atoms with E-state index in [-0.39, 0.29) is 17.2 Å². The predicted molar refractivity (Wildman–Crippen MR) is 133 cm³/mol. The van der Waals surface area contributed by atoms with Crippen LogP contribution < -0.4 is 4.90 Å². The number of rotatable bonds is 7. The summed E-state index contributed by atoms with van der Waals surface area (Å²) >= 11 is 1.39. The lowest BCUT2D eigenvalue weighted by Gasteiger charge is -2.38. The molecule has 2 saturated heterocycles. The van der Waals surface area contributed by atoms with Crippen LogP contribution in [0.4, 0.5) is 9.52 Å². The summed E-state index contributed by atoms with van der Waals surface area (Å²) in [5.41, 5.74) is 2.58. The maximum atomic E-state index is 14.6. The summed E-state index contributed by atoms with van der Waals surface area (Å²) in [5, 5.41) is 14.6. The molecule has 2 aliphatic heterocycles. The van der Waals surface area contributed by atoms with Gasteiger partial charge >= 0.3 is 5.97 Å². The van der Waals surface area contributed by atoms with E-state index in [4.69, 9.17) is 9.26 Å². The van der Waals surface area contributed by atoms with Crippen molar-refractivity contribution in [1.29, 1.82) is 0 Å². The normalized spacial score (nSPS) is 26.4. The number of carbonyl (C=O) groups is 1. The molecule has 3 atom stereocenters. The molecular formula is C27H30FN3O4S. The first kappa shape index (κ1) is 22.7. The molecule has 4 fully saturated rings. The molecule has 2 aliphatic carbocycles. The van der Waals surface area contributed by atoms with E-state index in [1.54, 1.807) is 0 Å². The number of ether oxygens (including phenoxy) is 1. The number of nitrogens with zero attached hydrogens (tertiary/aromatic N) is 3. The minimum atomic E-state index is -1.13. The van der Waals surface area contributed by atoms with Crippen LogP contribution in [0.1, 0.15) is 103 Å². The number of aromatic carboxylic acids is 1. The van der Waals surface area contributed by atoms with Gasteiger partial charge in [0.2, 0.25) is 0 Å². The molecule has 3 aromatic rings. The Morgan fingerprint density at radius 2 is 1.86 bits per heavy atom. The SMILES string of the molecule is O=C(O)c1cc(F)c2nc(N3C4CC[C@H]3CC(OCc3c(C5CCCC5)noc3C3CC3)C4)sc2c1. The molecule has 36 heavy (non-hydrogen) atoms. The highest BCUT2D eigenvalue weighted by Gasteiger charge is 2.43. The fourth-order valence-electron chi connectivity index (χ4n) is 6.65. The van der Waals surface area contributed by atoms with E-state index in [0.717, 1.165) is 48.3 Å². The molecule has 7 nitrogen and oxygen atoms in total. The van der Waals surface area contributed by atoms with Crippen LogP contribution in [0.15, 0.2) is 16.7 Å². The smallest absolute Gasteiger partial charge is 0.335 e. The van der Waals surface area contributed by atoms with E-state index in [1.165, 1.54) is 61.5 Å². The van der Waals surface area contributed by atoms with Crippen molar-refractivity contribution in [3.63, 3.8) is 0 Å². The molecule has 0 radical (unpaired) electrons. The van der Waals surface area contributed by atoms with Gasteiger partial charge in [0.15, 0.2) is 10.9 Å². The molecule has 0 amide bonds. The summed E-state index contributed by atoms with van der Waals surface area (Å²) < 4.78 is 27.6. The monoisotopic (exact) mass is 511 g/mol. The number of halogens is 1. The van der Waals surface area contributed by atoms with Gasteiger partial charge in [-0.15, -0.1) is 0 Å². The standard InChI is InChI=1S/C27H30FN3O4S/c28-21-9-16(26(32)33)10-22-24(21)29-27(36-22)31-17-7-8-18(31)12-19(11-17)34-13-20-23(14-3-1-2-4-14)30-35-25(20)15-5-6-15/h9-10,14-15,17-19H,1-8,11-13H2,(H,32,33)/t17-,18?,19?/m0/s1. The first-order chi connectivity index (χ1) is 17.5. The molecule has 4 aliphatic rings. The van der Waals surface area contributed by atoms with Gasteiger partial charge in [0, 0.05) is 29.5 Å². The predicted octanol–water partition coefficient (Wildman–Crippen LogP) is 6.37. The van der Waals surface area contributed by atoms with Gasteiger partial charge in [-0.05, 0) is 63.5 Å². The maximum absolute atomic E-state index is 14.6. The van der Waals surface area contributed by atoms with Crippen LogP contribution in [0.5, 0.6) is 0 Å². The zero-order valence-corrected chi connectivity index (χ0v) is 20.9. The maximum Gasteiger partial charge on any atom is 0.335 e. The number of carboxylic acid groups (broad SMARTS) is 1. The third-order valence-corrected chi connectivity index (χ3v) is 9.61. The minimum absolute atomic E-state index is 0.0402. The van der Waals surface area contributed by atoms with Gasteiger partial charge in [0.1, 0.15) is 11.3 Å². The Kier molecular flexibility index (Phi) is 5.54.